The molecular weight excluding hydrogens is 163 g/mol. The summed E-state index contributed by atoms with van der Waals surface area (Å²) in [6, 6.07) is 0. The van der Waals surface area contributed by atoms with Gasteiger partial charge in [0.05, 0.1) is 0 Å². The normalized spacial score (nSPS) is 5.00. The molecule has 0 aliphatic rings. The monoisotopic (exact) mass is 170 g/mol. The molecule has 3 nitrogen and oxygen atoms in total. The van der Waals surface area contributed by atoms with Gasteiger partial charge < -0.3 is 13.3 Å². The number of carbonyl (C=O) groups is 1. The Morgan fingerprint density at radius 3 is 1.50 bits per heavy atom. The van der Waals surface area contributed by atoms with Gasteiger partial charge in [0.2, 0.25) is 0 Å². The third-order valence-corrected chi connectivity index (χ3v) is 1.00. The van der Waals surface area contributed by atoms with Crippen LogP contribution in [0.1, 0.15) is 5.71 Å². The largest absolute Gasteiger partial charge is 2.00 e. The molecule has 0 saturated heterocycles. The van der Waals surface area contributed by atoms with Crippen molar-refractivity contribution in [2.24, 2.45) is 0 Å². The number of hydrogen-bond donors (Lipinski definition) is 0. The van der Waals surface area contributed by atoms with Crippen LogP contribution in [-0.2, 0) is 7.58 Å². The smallest absolute Gasteiger partial charge is 1.00 e. The second kappa shape index (κ2) is 11.6. The molecule has 0 aliphatic carbocycles. The van der Waals surface area contributed by atoms with Gasteiger partial charge in [0.1, 0.15) is 0 Å². The standard InChI is InChI=1S/CH2O3.2Al.2Mg.8H/c2-1(3)4;;;;;;;;;;;;/h(H2,2,3,4);;;;;;;;;;;;/q;2*+1;2*+2;;;;;4*-1/p-2. The van der Waals surface area contributed by atoms with Gasteiger partial charge >= 0.3 is 85.5 Å². The molecule has 0 rings (SSSR count). The molecule has 0 saturated carbocycles. The second-order valence-corrected chi connectivity index (χ2v) is 1.47. The molecule has 0 amide bonds. The minimum atomic E-state index is -0.534. The van der Waals surface area contributed by atoms with Crippen LogP contribution in [0, 0.1) is 0 Å². The molecule has 0 aromatic carbocycles. The molecule has 0 fully saturated rings. The maximum absolute atomic E-state index is 9.81. The van der Waals surface area contributed by atoms with Crippen molar-refractivity contribution in [1.29, 1.82) is 0 Å². The third-order valence-electron chi connectivity index (χ3n) is 0.333. The fourth-order valence-electron chi connectivity index (χ4n) is 0.0833. The Kier molecular flexibility index (Phi) is 23.9. The molecule has 0 aromatic heterocycles. The van der Waals surface area contributed by atoms with Crippen molar-refractivity contribution in [3.8, 4) is 0 Å². The predicted octanol–water partition coefficient (Wildman–Crippen LogP) is -2.08. The SMILES string of the molecule is O=C([O][AlH2])[O][AlH2].[H-].[H-].[H-].[H-].[Mg+2].[Mg+2]. The fourth-order valence-corrected chi connectivity index (χ4v) is 0.750. The molecule has 0 N–H and O–H groups in total. The number of carbonyl (C=O) groups excluding carboxylic acids is 1. The van der Waals surface area contributed by atoms with Crippen molar-refractivity contribution >= 4 is 85.5 Å². The Morgan fingerprint density at radius 2 is 1.50 bits per heavy atom. The van der Waals surface area contributed by atoms with Crippen molar-refractivity contribution in [2.45, 2.75) is 0 Å². The van der Waals surface area contributed by atoms with Crippen molar-refractivity contribution in [3.63, 3.8) is 0 Å². The molecule has 0 spiro atoms. The molecule has 0 heterocycles. The van der Waals surface area contributed by atoms with E-state index in [-0.39, 0.29) is 51.8 Å². The summed E-state index contributed by atoms with van der Waals surface area (Å²) in [5.41, 5.74) is 0. The summed E-state index contributed by atoms with van der Waals surface area (Å²) in [7, 11) is 0. The van der Waals surface area contributed by atoms with Crippen LogP contribution < -0.4 is 0 Å². The summed E-state index contributed by atoms with van der Waals surface area (Å²) in [5.74, 6) is 0. The quantitative estimate of drug-likeness (QED) is 0.392. The first kappa shape index (κ1) is 16.5. The molecule has 0 aliphatic heterocycles. The van der Waals surface area contributed by atoms with E-state index in [1.54, 1.807) is 0 Å². The maximum atomic E-state index is 9.81. The van der Waals surface area contributed by atoms with Gasteiger partial charge in [-0.1, -0.05) is 0 Å². The van der Waals surface area contributed by atoms with E-state index in [9.17, 15) is 4.79 Å². The van der Waals surface area contributed by atoms with Gasteiger partial charge in [-0.3, -0.25) is 0 Å². The van der Waals surface area contributed by atoms with Gasteiger partial charge in [-0.2, -0.15) is 0 Å². The first-order valence-electron chi connectivity index (χ1n) is 1.43. The first-order valence-corrected chi connectivity index (χ1v) is 3.06. The Morgan fingerprint density at radius 1 is 1.25 bits per heavy atom. The summed E-state index contributed by atoms with van der Waals surface area (Å²) < 4.78 is 8.42. The van der Waals surface area contributed by atoms with Crippen LogP contribution in [0.3, 0.4) is 0 Å². The summed E-state index contributed by atoms with van der Waals surface area (Å²) in [5, 5.41) is 0. The van der Waals surface area contributed by atoms with Crippen LogP contribution in [0.4, 0.5) is 4.79 Å². The zero-order chi connectivity index (χ0) is 4.99. The molecular formula is CH8Al2Mg2O3. The molecule has 0 aromatic rings. The van der Waals surface area contributed by atoms with Gasteiger partial charge in [-0.25, -0.2) is 4.79 Å². The van der Waals surface area contributed by atoms with E-state index < -0.39 is 6.16 Å². The number of rotatable bonds is 0. The van der Waals surface area contributed by atoms with Crippen molar-refractivity contribution in [2.75, 3.05) is 0 Å². The van der Waals surface area contributed by atoms with Crippen molar-refractivity contribution < 1.29 is 18.1 Å². The Bertz CT molecular complexity index is 64.3. The van der Waals surface area contributed by atoms with E-state index in [1.165, 1.54) is 0 Å². The Hall–Kier alpha value is 1.87. The van der Waals surface area contributed by atoms with E-state index in [1.807, 2.05) is 0 Å². The van der Waals surface area contributed by atoms with Gasteiger partial charge in [0.25, 0.3) is 0 Å². The van der Waals surface area contributed by atoms with Gasteiger partial charge in [-0.05, 0) is 0 Å². The summed E-state index contributed by atoms with van der Waals surface area (Å²) in [4.78, 5) is 9.81. The van der Waals surface area contributed by atoms with Crippen LogP contribution in [0.25, 0.3) is 0 Å². The second-order valence-electron chi connectivity index (χ2n) is 0.658. The van der Waals surface area contributed by atoms with Crippen molar-refractivity contribution in [3.05, 3.63) is 0 Å². The Labute approximate surface area is 103 Å². The van der Waals surface area contributed by atoms with Crippen LogP contribution in [-0.4, -0.2) is 85.5 Å². The summed E-state index contributed by atoms with van der Waals surface area (Å²) >= 11 is 0.860. The average Bonchev–Trinajstić information content (AvgIpc) is 1.65. The summed E-state index contributed by atoms with van der Waals surface area (Å²) in [6.07, 6.45) is -0.534. The molecule has 7 heteroatoms. The van der Waals surface area contributed by atoms with E-state index in [2.05, 4.69) is 7.58 Å². The van der Waals surface area contributed by atoms with Crippen LogP contribution >= 0.6 is 0 Å². The van der Waals surface area contributed by atoms with E-state index in [4.69, 9.17) is 0 Å². The molecule has 0 bridgehead atoms. The first-order chi connectivity index (χ1) is 2.81. The van der Waals surface area contributed by atoms with Crippen LogP contribution in [0.5, 0.6) is 0 Å². The van der Waals surface area contributed by atoms with Gasteiger partial charge in [-0.15, -0.1) is 0 Å². The van der Waals surface area contributed by atoms with E-state index in [0.29, 0.717) is 33.2 Å². The fraction of sp³-hybridized carbons (Fsp3) is 0. The minimum absolute atomic E-state index is 0. The van der Waals surface area contributed by atoms with E-state index in [0.717, 1.165) is 0 Å². The number of hydrogen-bond acceptors (Lipinski definition) is 3. The topological polar surface area (TPSA) is 35.5 Å². The molecule has 40 valence electrons. The predicted molar refractivity (Wildman–Crippen MR) is 40.6 cm³/mol. The van der Waals surface area contributed by atoms with Gasteiger partial charge in [0.15, 0.2) is 0 Å². The van der Waals surface area contributed by atoms with E-state index >= 15 is 0 Å². The van der Waals surface area contributed by atoms with Gasteiger partial charge in [0, 0.05) is 0 Å². The van der Waals surface area contributed by atoms with Crippen molar-refractivity contribution in [1.82, 2.24) is 0 Å². The molecule has 0 radical (unpaired) electrons. The van der Waals surface area contributed by atoms with Crippen LogP contribution in [0.15, 0.2) is 0 Å². The zero-order valence-electron chi connectivity index (χ0n) is 9.14. The third kappa shape index (κ3) is 10.8. The maximum Gasteiger partial charge on any atom is 2.00 e. The van der Waals surface area contributed by atoms with Crippen LogP contribution in [0.2, 0.25) is 0 Å². The molecule has 0 atom stereocenters. The summed E-state index contributed by atoms with van der Waals surface area (Å²) in [6.45, 7) is 0. The average molecular weight is 171 g/mol. The Balaban J connectivity index is -0.00000000833. The molecule has 8 heavy (non-hydrogen) atoms. The minimum Gasteiger partial charge on any atom is -1.00 e. The zero-order valence-corrected chi connectivity index (χ0v) is 12.0. The molecule has 0 unspecified atom stereocenters.